The molecule has 8 rings (SSSR count). The van der Waals surface area contributed by atoms with E-state index in [4.69, 9.17) is 46.3 Å². The minimum atomic E-state index is -4.84. The molecule has 3 N–H and O–H groups in total. The Kier molecular flexibility index (Phi) is 11.4. The summed E-state index contributed by atoms with van der Waals surface area (Å²) in [6, 6.07) is 21.2. The molecule has 1 fully saturated rings. The standard InChI is InChI=1S/C44H43ClF3N7O6S/c1-26-16-34(54(18-27-7-11-30(58-3)12-8-27)19-28-9-13-31(59-4)14-10-28)53-39(37(26)44(46,47)48)32-17-33-36-40(38(32)45)51-25-52-42(36)55(20-29-6-5-15-50-41(29)49)21-35(61-33)60-22-43(2)23-62(56,57)24-43/h5-17,21,51H,18-20,22-25H2,1-4H3,(H2,49,50). The van der Waals surface area contributed by atoms with Crippen LogP contribution in [0.3, 0.4) is 0 Å². The predicted octanol–water partition coefficient (Wildman–Crippen LogP) is 8.20. The third kappa shape index (κ3) is 8.77. The van der Waals surface area contributed by atoms with Gasteiger partial charge in [-0.25, -0.2) is 23.4 Å². The fraction of sp³-hybridized carbons (Fsp3) is 0.295. The van der Waals surface area contributed by atoms with Crippen LogP contribution < -0.4 is 30.2 Å². The molecule has 5 aromatic rings. The summed E-state index contributed by atoms with van der Waals surface area (Å²) in [5.41, 5.74) is 7.06. The number of hydrogen-bond acceptors (Lipinski definition) is 13. The highest BCUT2D eigenvalue weighted by atomic mass is 35.5. The second kappa shape index (κ2) is 16.6. The molecular weight excluding hydrogens is 847 g/mol. The minimum absolute atomic E-state index is 0.0139. The number of hydrogen-bond donors (Lipinski definition) is 2. The molecule has 18 heteroatoms. The number of aromatic nitrogens is 2. The molecule has 3 aliphatic heterocycles. The Balaban J connectivity index is 1.26. The Bertz CT molecular complexity index is 2640. The number of amidine groups is 1. The van der Waals surface area contributed by atoms with Crippen LogP contribution in [0, 0.1) is 12.3 Å². The first kappa shape index (κ1) is 42.5. The Morgan fingerprint density at radius 3 is 2.23 bits per heavy atom. The smallest absolute Gasteiger partial charge is 0.418 e. The molecule has 13 nitrogen and oxygen atoms in total. The highest BCUT2D eigenvalue weighted by Crippen LogP contribution is 2.49. The molecule has 62 heavy (non-hydrogen) atoms. The van der Waals surface area contributed by atoms with Crippen LogP contribution in [-0.4, -0.2) is 68.1 Å². The van der Waals surface area contributed by atoms with E-state index >= 15 is 13.2 Å². The average Bonchev–Trinajstić information content (AvgIpc) is 3.37. The summed E-state index contributed by atoms with van der Waals surface area (Å²) in [5.74, 6) is 2.11. The maximum Gasteiger partial charge on any atom is 0.418 e. The van der Waals surface area contributed by atoms with Crippen molar-refractivity contribution in [1.82, 2.24) is 14.9 Å². The van der Waals surface area contributed by atoms with E-state index in [1.165, 1.54) is 19.1 Å². The number of anilines is 3. The van der Waals surface area contributed by atoms with Crippen LogP contribution in [-0.2, 0) is 40.4 Å². The number of alkyl halides is 3. The van der Waals surface area contributed by atoms with Crippen molar-refractivity contribution in [2.75, 3.05) is 55.0 Å². The van der Waals surface area contributed by atoms with Crippen molar-refractivity contribution in [2.45, 2.75) is 39.7 Å². The van der Waals surface area contributed by atoms with E-state index in [-0.39, 0.29) is 89.6 Å². The fourth-order valence-electron chi connectivity index (χ4n) is 7.90. The molecule has 0 unspecified atom stereocenters. The van der Waals surface area contributed by atoms with E-state index in [2.05, 4.69) is 10.3 Å². The number of aryl methyl sites for hydroxylation is 1. The molecule has 0 spiro atoms. The van der Waals surface area contributed by atoms with Crippen LogP contribution in [0.5, 0.6) is 17.2 Å². The van der Waals surface area contributed by atoms with Gasteiger partial charge >= 0.3 is 12.1 Å². The van der Waals surface area contributed by atoms with Gasteiger partial charge in [0, 0.05) is 35.8 Å². The van der Waals surface area contributed by atoms with Gasteiger partial charge in [-0.15, -0.1) is 0 Å². The lowest BCUT2D eigenvalue weighted by Crippen LogP contribution is -2.49. The number of pyridine rings is 2. The zero-order valence-electron chi connectivity index (χ0n) is 34.2. The third-order valence-corrected chi connectivity index (χ3v) is 13.4. The molecule has 2 aromatic heterocycles. The Morgan fingerprint density at radius 2 is 1.65 bits per heavy atom. The van der Waals surface area contributed by atoms with E-state index in [0.29, 0.717) is 28.5 Å². The van der Waals surface area contributed by atoms with Crippen molar-refractivity contribution in [1.29, 1.82) is 0 Å². The molecule has 0 saturated carbocycles. The van der Waals surface area contributed by atoms with Gasteiger partial charge in [0.15, 0.2) is 9.84 Å². The maximum atomic E-state index is 15.3. The van der Waals surface area contributed by atoms with Gasteiger partial charge in [0.05, 0.1) is 72.6 Å². The van der Waals surface area contributed by atoms with E-state index in [1.54, 1.807) is 50.6 Å². The molecule has 0 aliphatic carbocycles. The zero-order valence-corrected chi connectivity index (χ0v) is 35.8. The molecule has 0 atom stereocenters. The number of benzene rings is 3. The summed E-state index contributed by atoms with van der Waals surface area (Å²) in [5, 5.41) is 3.12. The van der Waals surface area contributed by atoms with Gasteiger partial charge < -0.3 is 39.8 Å². The van der Waals surface area contributed by atoms with Gasteiger partial charge in [0.1, 0.15) is 41.4 Å². The molecule has 0 radical (unpaired) electrons. The van der Waals surface area contributed by atoms with Crippen LogP contribution in [0.25, 0.3) is 11.3 Å². The molecule has 0 amide bonds. The summed E-state index contributed by atoms with van der Waals surface area (Å²) in [4.78, 5) is 17.4. The first-order valence-electron chi connectivity index (χ1n) is 19.5. The molecule has 1 saturated heterocycles. The Morgan fingerprint density at radius 1 is 1.00 bits per heavy atom. The summed E-state index contributed by atoms with van der Waals surface area (Å²) in [6.45, 7) is 3.90. The van der Waals surface area contributed by atoms with Crippen molar-refractivity contribution < 1.29 is 40.5 Å². The quantitative estimate of drug-likeness (QED) is 0.117. The predicted molar refractivity (Wildman–Crippen MR) is 231 cm³/mol. The number of methoxy groups -OCH3 is 2. The van der Waals surface area contributed by atoms with Gasteiger partial charge in [-0.3, -0.25) is 0 Å². The van der Waals surface area contributed by atoms with Gasteiger partial charge in [-0.1, -0.05) is 48.9 Å². The van der Waals surface area contributed by atoms with Gasteiger partial charge in [0.25, 0.3) is 0 Å². The van der Waals surface area contributed by atoms with Crippen molar-refractivity contribution >= 4 is 44.6 Å². The first-order chi connectivity index (χ1) is 29.5. The molecule has 3 aromatic carbocycles. The van der Waals surface area contributed by atoms with Crippen LogP contribution in [0.1, 0.15) is 40.3 Å². The highest BCUT2D eigenvalue weighted by molar-refractivity contribution is 7.92. The topological polar surface area (TPSA) is 154 Å². The van der Waals surface area contributed by atoms with Gasteiger partial charge in [-0.2, -0.15) is 13.2 Å². The van der Waals surface area contributed by atoms with Crippen LogP contribution >= 0.6 is 11.6 Å². The number of nitrogens with one attached hydrogen (secondary N) is 1. The zero-order chi connectivity index (χ0) is 44.0. The van der Waals surface area contributed by atoms with Crippen LogP contribution in [0.15, 0.2) is 96.1 Å². The number of aliphatic imine (C=N–C) groups is 1. The fourth-order valence-corrected chi connectivity index (χ4v) is 10.4. The number of halogens is 4. The van der Waals surface area contributed by atoms with Crippen LogP contribution in [0.2, 0.25) is 5.02 Å². The number of nitrogens with zero attached hydrogens (tertiary/aromatic N) is 5. The Hall–Kier alpha value is -6.20. The monoisotopic (exact) mass is 889 g/mol. The second-order valence-corrected chi connectivity index (χ2v) is 18.2. The normalized spacial score (nSPS) is 16.0. The van der Waals surface area contributed by atoms with Crippen molar-refractivity contribution in [2.24, 2.45) is 10.4 Å². The largest absolute Gasteiger partial charge is 0.497 e. The second-order valence-electron chi connectivity index (χ2n) is 15.7. The summed E-state index contributed by atoms with van der Waals surface area (Å²) >= 11 is 7.23. The van der Waals surface area contributed by atoms with E-state index in [0.717, 1.165) is 11.1 Å². The lowest BCUT2D eigenvalue weighted by atomic mass is 9.96. The lowest BCUT2D eigenvalue weighted by Gasteiger charge is -2.37. The maximum absolute atomic E-state index is 15.3. The van der Waals surface area contributed by atoms with Crippen molar-refractivity contribution in [3.05, 3.63) is 130 Å². The molecule has 3 aliphatic rings. The number of nitrogen functional groups attached to an aromatic ring is 1. The number of rotatable bonds is 13. The minimum Gasteiger partial charge on any atom is -0.497 e. The van der Waals surface area contributed by atoms with Crippen molar-refractivity contribution in [3.8, 4) is 28.5 Å². The third-order valence-electron chi connectivity index (χ3n) is 10.8. The summed E-state index contributed by atoms with van der Waals surface area (Å²) in [7, 11) is -0.0629. The van der Waals surface area contributed by atoms with E-state index < -0.39 is 32.7 Å². The number of ether oxygens (including phenoxy) is 4. The number of nitrogens with two attached hydrogens (primary N) is 1. The van der Waals surface area contributed by atoms with E-state index in [1.807, 2.05) is 53.4 Å². The Labute approximate surface area is 361 Å². The number of sulfone groups is 1. The first-order valence-corrected chi connectivity index (χ1v) is 21.7. The average molecular weight is 890 g/mol. The molecular formula is C44H43ClF3N7O6S. The van der Waals surface area contributed by atoms with Gasteiger partial charge in [0.2, 0.25) is 0 Å². The lowest BCUT2D eigenvalue weighted by molar-refractivity contribution is -0.137. The van der Waals surface area contributed by atoms with Crippen LogP contribution in [0.4, 0.5) is 30.5 Å². The molecule has 5 heterocycles. The summed E-state index contributed by atoms with van der Waals surface area (Å²) < 4.78 is 93.6. The summed E-state index contributed by atoms with van der Waals surface area (Å²) in [6.07, 6.45) is -1.72. The van der Waals surface area contributed by atoms with Crippen molar-refractivity contribution in [3.63, 3.8) is 0 Å². The molecule has 324 valence electrons. The SMILES string of the molecule is COc1ccc(CN(Cc2ccc(OC)cc2)c2cc(C)c(C(F)(F)F)c(-c3cc4c5c(c3Cl)NCN=C5N(Cc3cccnc3N)C=C(OCC3(C)CS(=O)(=O)C3)O4)n2)cc1. The van der Waals surface area contributed by atoms with E-state index in [9.17, 15) is 8.42 Å². The molecule has 0 bridgehead atoms. The van der Waals surface area contributed by atoms with Gasteiger partial charge in [-0.05, 0) is 66.1 Å². The highest BCUT2D eigenvalue weighted by Gasteiger charge is 2.46.